The van der Waals surface area contributed by atoms with E-state index >= 15 is 0 Å². The van der Waals surface area contributed by atoms with Gasteiger partial charge in [-0.25, -0.2) is 0 Å². The molecule has 0 fully saturated rings. The van der Waals surface area contributed by atoms with Gasteiger partial charge in [-0.3, -0.25) is 4.90 Å². The van der Waals surface area contributed by atoms with E-state index in [4.69, 9.17) is 5.73 Å². The van der Waals surface area contributed by atoms with Crippen LogP contribution in [0.15, 0.2) is 30.3 Å². The maximum absolute atomic E-state index is 12.3. The number of nitrogens with zero attached hydrogens (tertiary/aromatic N) is 1. The van der Waals surface area contributed by atoms with Gasteiger partial charge in [-0.1, -0.05) is 30.3 Å². The molecule has 0 heterocycles. The lowest BCUT2D eigenvalue weighted by molar-refractivity contribution is -0.145. The van der Waals surface area contributed by atoms with E-state index in [2.05, 4.69) is 0 Å². The molecule has 18 heavy (non-hydrogen) atoms. The zero-order chi connectivity index (χ0) is 12.7. The van der Waals surface area contributed by atoms with Crippen LogP contribution in [0.1, 0.15) is 5.56 Å². The third kappa shape index (κ3) is 7.53. The van der Waals surface area contributed by atoms with Crippen molar-refractivity contribution in [3.63, 3.8) is 0 Å². The topological polar surface area (TPSA) is 29.3 Å². The molecule has 0 aliphatic rings. The molecular weight excluding hydrogens is 265 g/mol. The summed E-state index contributed by atoms with van der Waals surface area (Å²) < 4.78 is 36.8. The Kier molecular flexibility index (Phi) is 7.98. The second kappa shape index (κ2) is 8.34. The van der Waals surface area contributed by atoms with Gasteiger partial charge in [0, 0.05) is 19.6 Å². The Bertz CT molecular complexity index is 317. The van der Waals surface area contributed by atoms with Crippen molar-refractivity contribution in [2.75, 3.05) is 26.2 Å². The van der Waals surface area contributed by atoms with E-state index < -0.39 is 12.7 Å². The normalized spacial score (nSPS) is 11.4. The standard InChI is InChI=1S/C12H17F3N2.ClH/c13-12(14,15)10-17(9-7-16)8-6-11-4-2-1-3-5-11;/h1-5H,6-10,16H2;1H. The van der Waals surface area contributed by atoms with E-state index in [1.165, 1.54) is 4.90 Å². The second-order valence-corrected chi connectivity index (χ2v) is 3.92. The highest BCUT2D eigenvalue weighted by Crippen LogP contribution is 2.16. The van der Waals surface area contributed by atoms with Crippen molar-refractivity contribution in [3.05, 3.63) is 35.9 Å². The number of alkyl halides is 3. The molecule has 1 aromatic rings. The Balaban J connectivity index is 0.00000289. The molecule has 0 atom stereocenters. The smallest absolute Gasteiger partial charge is 0.329 e. The van der Waals surface area contributed by atoms with Crippen molar-refractivity contribution >= 4 is 12.4 Å². The average molecular weight is 283 g/mol. The highest BCUT2D eigenvalue weighted by molar-refractivity contribution is 5.85. The lowest BCUT2D eigenvalue weighted by Gasteiger charge is -2.22. The van der Waals surface area contributed by atoms with Gasteiger partial charge < -0.3 is 5.73 Å². The molecule has 0 aliphatic carbocycles. The van der Waals surface area contributed by atoms with Gasteiger partial charge in [0.05, 0.1) is 6.54 Å². The fourth-order valence-corrected chi connectivity index (χ4v) is 1.64. The maximum Gasteiger partial charge on any atom is 0.401 e. The summed E-state index contributed by atoms with van der Waals surface area (Å²) in [7, 11) is 0. The first-order valence-electron chi connectivity index (χ1n) is 5.54. The molecule has 2 nitrogen and oxygen atoms in total. The highest BCUT2D eigenvalue weighted by atomic mass is 35.5. The zero-order valence-electron chi connectivity index (χ0n) is 9.99. The largest absolute Gasteiger partial charge is 0.401 e. The summed E-state index contributed by atoms with van der Waals surface area (Å²) in [6.07, 6.45) is -3.55. The van der Waals surface area contributed by atoms with Crippen molar-refractivity contribution in [1.29, 1.82) is 0 Å². The number of rotatable bonds is 6. The summed E-state index contributed by atoms with van der Waals surface area (Å²) in [5, 5.41) is 0. The van der Waals surface area contributed by atoms with Crippen LogP contribution in [0, 0.1) is 0 Å². The van der Waals surface area contributed by atoms with E-state index in [1.807, 2.05) is 30.3 Å². The second-order valence-electron chi connectivity index (χ2n) is 3.92. The van der Waals surface area contributed by atoms with Crippen molar-refractivity contribution < 1.29 is 13.2 Å². The van der Waals surface area contributed by atoms with Gasteiger partial charge in [0.25, 0.3) is 0 Å². The molecule has 0 aliphatic heterocycles. The van der Waals surface area contributed by atoms with Gasteiger partial charge in [-0.2, -0.15) is 13.2 Å². The Labute approximate surface area is 111 Å². The summed E-state index contributed by atoms with van der Waals surface area (Å²) in [5.74, 6) is 0. The van der Waals surface area contributed by atoms with Gasteiger partial charge in [-0.15, -0.1) is 12.4 Å². The minimum atomic E-state index is -4.16. The SMILES string of the molecule is Cl.NCCN(CCc1ccccc1)CC(F)(F)F. The monoisotopic (exact) mass is 282 g/mol. The molecule has 104 valence electrons. The Morgan fingerprint density at radius 1 is 1.06 bits per heavy atom. The zero-order valence-corrected chi connectivity index (χ0v) is 10.8. The Hall–Kier alpha value is -0.780. The molecule has 0 spiro atoms. The van der Waals surface area contributed by atoms with Crippen LogP contribution in [0.2, 0.25) is 0 Å². The van der Waals surface area contributed by atoms with Gasteiger partial charge >= 0.3 is 6.18 Å². The first kappa shape index (κ1) is 17.2. The van der Waals surface area contributed by atoms with E-state index in [0.29, 0.717) is 13.0 Å². The van der Waals surface area contributed by atoms with Crippen LogP contribution in [0.5, 0.6) is 0 Å². The molecule has 0 aromatic heterocycles. The molecule has 1 rings (SSSR count). The number of halogens is 4. The summed E-state index contributed by atoms with van der Waals surface area (Å²) in [6.45, 7) is -0.00499. The average Bonchev–Trinajstić information content (AvgIpc) is 2.26. The summed E-state index contributed by atoms with van der Waals surface area (Å²) >= 11 is 0. The minimum Gasteiger partial charge on any atom is -0.329 e. The molecule has 1 aromatic carbocycles. The van der Waals surface area contributed by atoms with Gasteiger partial charge in [0.1, 0.15) is 0 Å². The molecular formula is C12H18ClF3N2. The minimum absolute atomic E-state index is 0. The van der Waals surface area contributed by atoms with Gasteiger partial charge in [0.2, 0.25) is 0 Å². The molecule has 0 unspecified atom stereocenters. The number of hydrogen-bond donors (Lipinski definition) is 1. The van der Waals surface area contributed by atoms with E-state index in [-0.39, 0.29) is 25.5 Å². The van der Waals surface area contributed by atoms with Crippen molar-refractivity contribution in [2.45, 2.75) is 12.6 Å². The predicted octanol–water partition coefficient (Wildman–Crippen LogP) is 2.47. The molecule has 0 bridgehead atoms. The van der Waals surface area contributed by atoms with Crippen molar-refractivity contribution in [2.24, 2.45) is 5.73 Å². The summed E-state index contributed by atoms with van der Waals surface area (Å²) in [6, 6.07) is 9.47. The fraction of sp³-hybridized carbons (Fsp3) is 0.500. The molecule has 0 amide bonds. The molecule has 0 saturated carbocycles. The fourth-order valence-electron chi connectivity index (χ4n) is 1.64. The van der Waals surface area contributed by atoms with E-state index in [1.54, 1.807) is 0 Å². The first-order chi connectivity index (χ1) is 8.01. The van der Waals surface area contributed by atoms with Crippen LogP contribution < -0.4 is 5.73 Å². The van der Waals surface area contributed by atoms with Crippen molar-refractivity contribution in [3.8, 4) is 0 Å². The number of nitrogens with two attached hydrogens (primary N) is 1. The molecule has 2 N–H and O–H groups in total. The lowest BCUT2D eigenvalue weighted by Crippen LogP contribution is -2.38. The van der Waals surface area contributed by atoms with E-state index in [9.17, 15) is 13.2 Å². The van der Waals surface area contributed by atoms with Gasteiger partial charge in [-0.05, 0) is 12.0 Å². The molecule has 0 radical (unpaired) electrons. The Morgan fingerprint density at radius 3 is 2.17 bits per heavy atom. The number of hydrogen-bond acceptors (Lipinski definition) is 2. The first-order valence-corrected chi connectivity index (χ1v) is 5.54. The predicted molar refractivity (Wildman–Crippen MR) is 68.9 cm³/mol. The lowest BCUT2D eigenvalue weighted by atomic mass is 10.1. The van der Waals surface area contributed by atoms with Gasteiger partial charge in [0.15, 0.2) is 0 Å². The third-order valence-corrected chi connectivity index (χ3v) is 2.41. The van der Waals surface area contributed by atoms with Crippen LogP contribution in [0.3, 0.4) is 0 Å². The molecule has 0 saturated heterocycles. The van der Waals surface area contributed by atoms with Crippen LogP contribution in [-0.2, 0) is 6.42 Å². The van der Waals surface area contributed by atoms with E-state index in [0.717, 1.165) is 5.56 Å². The highest BCUT2D eigenvalue weighted by Gasteiger charge is 2.30. The maximum atomic E-state index is 12.3. The summed E-state index contributed by atoms with van der Waals surface area (Å²) in [4.78, 5) is 1.34. The van der Waals surface area contributed by atoms with Crippen LogP contribution in [-0.4, -0.2) is 37.3 Å². The third-order valence-electron chi connectivity index (χ3n) is 2.41. The van der Waals surface area contributed by atoms with Crippen LogP contribution >= 0.6 is 12.4 Å². The van der Waals surface area contributed by atoms with Crippen LogP contribution in [0.4, 0.5) is 13.2 Å². The van der Waals surface area contributed by atoms with Crippen LogP contribution in [0.25, 0.3) is 0 Å². The van der Waals surface area contributed by atoms with Crippen molar-refractivity contribution in [1.82, 2.24) is 4.90 Å². The quantitative estimate of drug-likeness (QED) is 0.868. The summed E-state index contributed by atoms with van der Waals surface area (Å²) in [5.41, 5.74) is 6.35. The number of benzene rings is 1. The Morgan fingerprint density at radius 2 is 1.67 bits per heavy atom. The molecule has 6 heteroatoms.